The van der Waals surface area contributed by atoms with Gasteiger partial charge in [-0.1, -0.05) is 72.8 Å². The van der Waals surface area contributed by atoms with E-state index in [2.05, 4.69) is 6.07 Å². The molecule has 110 valence electrons. The summed E-state index contributed by atoms with van der Waals surface area (Å²) < 4.78 is 0. The summed E-state index contributed by atoms with van der Waals surface area (Å²) in [6.07, 6.45) is 3.53. The van der Waals surface area contributed by atoms with E-state index in [1.807, 2.05) is 42.5 Å². The Kier molecular flexibility index (Phi) is 3.90. The van der Waals surface area contributed by atoms with Crippen molar-refractivity contribution >= 4 is 18.1 Å². The first-order valence-corrected chi connectivity index (χ1v) is 7.13. The molecular weight excluding hydrogens is 286 g/mol. The normalized spacial score (nSPS) is 10.7. The molecule has 3 rings (SSSR count). The maximum Gasteiger partial charge on any atom is 0.336 e. The number of hydrogen-bond donors (Lipinski definition) is 1. The Labute approximate surface area is 134 Å². The van der Waals surface area contributed by atoms with Gasteiger partial charge in [0.2, 0.25) is 0 Å². The zero-order chi connectivity index (χ0) is 16.2. The van der Waals surface area contributed by atoms with E-state index in [0.29, 0.717) is 22.3 Å². The summed E-state index contributed by atoms with van der Waals surface area (Å²) in [5.74, 6) is -1.03. The minimum Gasteiger partial charge on any atom is -0.478 e. The summed E-state index contributed by atoms with van der Waals surface area (Å²) in [7, 11) is 0. The second kappa shape index (κ2) is 6.17. The largest absolute Gasteiger partial charge is 0.478 e. The van der Waals surface area contributed by atoms with E-state index in [0.717, 1.165) is 5.56 Å². The number of nitriles is 1. The number of rotatable bonds is 3. The lowest BCUT2D eigenvalue weighted by Gasteiger charge is -1.97. The van der Waals surface area contributed by atoms with Crippen molar-refractivity contribution in [1.82, 2.24) is 0 Å². The van der Waals surface area contributed by atoms with Gasteiger partial charge in [-0.05, 0) is 11.1 Å². The molecule has 0 aliphatic heterocycles. The molecule has 0 fully saturated rings. The molecule has 0 unspecified atom stereocenters. The Morgan fingerprint density at radius 1 is 0.913 bits per heavy atom. The summed E-state index contributed by atoms with van der Waals surface area (Å²) in [6, 6.07) is 20.6. The van der Waals surface area contributed by atoms with Crippen LogP contribution in [0, 0.1) is 11.3 Å². The number of hydrogen-bond acceptors (Lipinski definition) is 2. The molecule has 0 saturated heterocycles. The number of carboxylic acids is 1. The predicted octanol–water partition coefficient (Wildman–Crippen LogP) is 4.53. The maximum absolute atomic E-state index is 11.7. The topological polar surface area (TPSA) is 61.1 Å². The summed E-state index contributed by atoms with van der Waals surface area (Å²) in [6.45, 7) is 0. The summed E-state index contributed by atoms with van der Waals surface area (Å²) in [5, 5.41) is 19.1. The molecule has 3 heteroatoms. The van der Waals surface area contributed by atoms with Crippen molar-refractivity contribution in [3.8, 4) is 17.2 Å². The Hall–Kier alpha value is -3.38. The first-order valence-electron chi connectivity index (χ1n) is 7.13. The number of carbonyl (C=O) groups is 1. The van der Waals surface area contributed by atoms with Crippen molar-refractivity contribution in [1.29, 1.82) is 5.26 Å². The minimum absolute atomic E-state index is 0.167. The molecule has 1 N–H and O–H groups in total. The number of nitrogens with zero attached hydrogens (tertiary/aromatic N) is 1. The summed E-state index contributed by atoms with van der Waals surface area (Å²) >= 11 is 0. The molecule has 0 atom stereocenters. The molecule has 3 nitrogen and oxygen atoms in total. The van der Waals surface area contributed by atoms with E-state index in [-0.39, 0.29) is 5.56 Å². The van der Waals surface area contributed by atoms with Gasteiger partial charge in [0.05, 0.1) is 11.1 Å². The highest BCUT2D eigenvalue weighted by atomic mass is 16.4. The van der Waals surface area contributed by atoms with Crippen LogP contribution in [0.25, 0.3) is 23.3 Å². The average molecular weight is 299 g/mol. The summed E-state index contributed by atoms with van der Waals surface area (Å²) in [4.78, 5) is 11.7. The zero-order valence-electron chi connectivity index (χ0n) is 12.2. The molecule has 0 amide bonds. The minimum atomic E-state index is -1.03. The zero-order valence-corrected chi connectivity index (χ0v) is 12.2. The van der Waals surface area contributed by atoms with Crippen LogP contribution in [0.4, 0.5) is 0 Å². The van der Waals surface area contributed by atoms with Gasteiger partial charge in [-0.2, -0.15) is 5.26 Å². The number of carboxylic acid groups (broad SMARTS) is 1. The van der Waals surface area contributed by atoms with Gasteiger partial charge in [0.1, 0.15) is 6.07 Å². The molecule has 0 heterocycles. The van der Waals surface area contributed by atoms with Crippen LogP contribution in [0.5, 0.6) is 0 Å². The van der Waals surface area contributed by atoms with Crippen LogP contribution >= 0.6 is 0 Å². The first kappa shape index (κ1) is 14.6. The fourth-order valence-corrected chi connectivity index (χ4v) is 2.66. The quantitative estimate of drug-likeness (QED) is 0.772. The third-order valence-corrected chi connectivity index (χ3v) is 3.68. The van der Waals surface area contributed by atoms with Crippen molar-refractivity contribution in [2.45, 2.75) is 0 Å². The predicted molar refractivity (Wildman–Crippen MR) is 90.1 cm³/mol. The molecule has 0 aromatic heterocycles. The summed E-state index contributed by atoms with van der Waals surface area (Å²) in [5.41, 5.74) is 3.18. The van der Waals surface area contributed by atoms with Crippen LogP contribution in [0.1, 0.15) is 27.0 Å². The van der Waals surface area contributed by atoms with Crippen molar-refractivity contribution in [3.63, 3.8) is 0 Å². The molecule has 23 heavy (non-hydrogen) atoms. The number of aromatic carboxylic acids is 1. The van der Waals surface area contributed by atoms with Crippen LogP contribution in [0.3, 0.4) is 0 Å². The van der Waals surface area contributed by atoms with E-state index in [1.165, 1.54) is 0 Å². The molecule has 2 aliphatic rings. The number of fused-ring (bicyclic) bond motifs is 1. The molecule has 2 aliphatic carbocycles. The SMILES string of the molecule is N#Cc1c2cccccc-2c(C(=O)O)c1/C=C/c1ccccc1. The van der Waals surface area contributed by atoms with Gasteiger partial charge < -0.3 is 5.11 Å². The van der Waals surface area contributed by atoms with Gasteiger partial charge in [-0.25, -0.2) is 4.79 Å². The smallest absolute Gasteiger partial charge is 0.336 e. The Morgan fingerprint density at radius 3 is 2.13 bits per heavy atom. The third-order valence-electron chi connectivity index (χ3n) is 3.68. The molecular formula is C20H13NO2. The Balaban J connectivity index is 2.25. The second-order valence-corrected chi connectivity index (χ2v) is 5.06. The van der Waals surface area contributed by atoms with E-state index in [4.69, 9.17) is 0 Å². The highest BCUT2D eigenvalue weighted by molar-refractivity contribution is 6.05. The first-order chi connectivity index (χ1) is 11.2. The van der Waals surface area contributed by atoms with E-state index >= 15 is 0 Å². The maximum atomic E-state index is 11.7. The van der Waals surface area contributed by atoms with Crippen LogP contribution in [-0.2, 0) is 0 Å². The average Bonchev–Trinajstić information content (AvgIpc) is 2.69. The fraction of sp³-hybridized carbons (Fsp3) is 0. The highest BCUT2D eigenvalue weighted by Gasteiger charge is 2.25. The van der Waals surface area contributed by atoms with Crippen molar-refractivity contribution < 1.29 is 9.90 Å². The van der Waals surface area contributed by atoms with Gasteiger partial charge in [-0.15, -0.1) is 0 Å². The van der Waals surface area contributed by atoms with Crippen molar-refractivity contribution in [2.24, 2.45) is 0 Å². The Bertz CT molecular complexity index is 905. The lowest BCUT2D eigenvalue weighted by molar-refractivity contribution is 0.0698. The highest BCUT2D eigenvalue weighted by Crippen LogP contribution is 2.37. The van der Waals surface area contributed by atoms with Gasteiger partial charge in [0.25, 0.3) is 0 Å². The number of benzene rings is 1. The van der Waals surface area contributed by atoms with E-state index in [9.17, 15) is 15.2 Å². The lowest BCUT2D eigenvalue weighted by atomic mass is 10.1. The standard InChI is InChI=1S/C20H13NO2/c21-13-18-15-9-5-2-6-10-16(15)19(20(22)23)17(18)12-11-14-7-3-1-4-8-14/h1-12H,(H,22,23)/b12-11+. The van der Waals surface area contributed by atoms with E-state index < -0.39 is 5.97 Å². The Morgan fingerprint density at radius 2 is 1.52 bits per heavy atom. The van der Waals surface area contributed by atoms with Gasteiger partial charge in [-0.3, -0.25) is 0 Å². The monoisotopic (exact) mass is 299 g/mol. The van der Waals surface area contributed by atoms with Crippen molar-refractivity contribution in [3.05, 3.63) is 82.9 Å². The molecule has 0 radical (unpaired) electrons. The van der Waals surface area contributed by atoms with Crippen LogP contribution in [-0.4, -0.2) is 11.1 Å². The molecule has 1 aromatic rings. The van der Waals surface area contributed by atoms with Gasteiger partial charge in [0, 0.05) is 11.1 Å². The van der Waals surface area contributed by atoms with Gasteiger partial charge >= 0.3 is 5.97 Å². The van der Waals surface area contributed by atoms with Crippen LogP contribution < -0.4 is 0 Å². The van der Waals surface area contributed by atoms with Crippen LogP contribution in [0.2, 0.25) is 0 Å². The van der Waals surface area contributed by atoms with Crippen LogP contribution in [0.15, 0.2) is 60.7 Å². The van der Waals surface area contributed by atoms with Crippen molar-refractivity contribution in [2.75, 3.05) is 0 Å². The lowest BCUT2D eigenvalue weighted by Crippen LogP contribution is -1.97. The molecule has 0 spiro atoms. The molecule has 0 bridgehead atoms. The van der Waals surface area contributed by atoms with Gasteiger partial charge in [0.15, 0.2) is 0 Å². The van der Waals surface area contributed by atoms with E-state index in [1.54, 1.807) is 30.3 Å². The molecule has 0 saturated carbocycles. The second-order valence-electron chi connectivity index (χ2n) is 5.06. The third kappa shape index (κ3) is 2.70. The fourth-order valence-electron chi connectivity index (χ4n) is 2.66. The molecule has 1 aromatic carbocycles.